The van der Waals surface area contributed by atoms with Crippen LogP contribution >= 0.6 is 0 Å². The molecule has 15 heavy (non-hydrogen) atoms. The van der Waals surface area contributed by atoms with Gasteiger partial charge in [-0.3, -0.25) is 0 Å². The Morgan fingerprint density at radius 1 is 1.47 bits per heavy atom. The van der Waals surface area contributed by atoms with Gasteiger partial charge in [-0.15, -0.1) is 0 Å². The van der Waals surface area contributed by atoms with Gasteiger partial charge in [0.25, 0.3) is 0 Å². The molecule has 0 spiro atoms. The number of aromatic nitrogens is 2. The van der Waals surface area contributed by atoms with Crippen LogP contribution in [-0.4, -0.2) is 15.6 Å². The summed E-state index contributed by atoms with van der Waals surface area (Å²) in [4.78, 5) is 4.60. The van der Waals surface area contributed by atoms with Crippen LogP contribution in [0.25, 0.3) is 11.0 Å². The molecular weight excluding hydrogens is 186 g/mol. The first kappa shape index (κ1) is 10.2. The summed E-state index contributed by atoms with van der Waals surface area (Å²) in [5.41, 5.74) is 9.34. The standard InChI is InChI=1S/C12H17N3/c1-8-5-4-6-10-12(8)15(3)11(14-10)7-9(2)13/h4-6,9H,7,13H2,1-3H3. The zero-order valence-corrected chi connectivity index (χ0v) is 9.49. The summed E-state index contributed by atoms with van der Waals surface area (Å²) in [6, 6.07) is 6.35. The molecule has 1 aromatic carbocycles. The fraction of sp³-hybridized carbons (Fsp3) is 0.417. The van der Waals surface area contributed by atoms with Gasteiger partial charge in [-0.2, -0.15) is 0 Å². The summed E-state index contributed by atoms with van der Waals surface area (Å²) in [6.45, 7) is 4.12. The van der Waals surface area contributed by atoms with E-state index in [0.29, 0.717) is 0 Å². The molecule has 0 aliphatic heterocycles. The zero-order chi connectivity index (χ0) is 11.0. The summed E-state index contributed by atoms with van der Waals surface area (Å²) in [5.74, 6) is 1.06. The van der Waals surface area contributed by atoms with E-state index in [4.69, 9.17) is 5.73 Å². The lowest BCUT2D eigenvalue weighted by molar-refractivity contribution is 0.677. The lowest BCUT2D eigenvalue weighted by Gasteiger charge is -2.05. The van der Waals surface area contributed by atoms with E-state index in [-0.39, 0.29) is 6.04 Å². The minimum absolute atomic E-state index is 0.154. The van der Waals surface area contributed by atoms with Crippen LogP contribution in [0.4, 0.5) is 0 Å². The molecule has 1 unspecified atom stereocenters. The number of hydrogen-bond acceptors (Lipinski definition) is 2. The average molecular weight is 203 g/mol. The van der Waals surface area contributed by atoms with Crippen molar-refractivity contribution in [2.75, 3.05) is 0 Å². The summed E-state index contributed by atoms with van der Waals surface area (Å²) in [7, 11) is 2.06. The molecule has 80 valence electrons. The molecule has 3 heteroatoms. The quantitative estimate of drug-likeness (QED) is 0.808. The second-order valence-electron chi connectivity index (χ2n) is 4.21. The minimum Gasteiger partial charge on any atom is -0.331 e. The van der Waals surface area contributed by atoms with E-state index in [1.54, 1.807) is 0 Å². The average Bonchev–Trinajstić information content (AvgIpc) is 2.44. The summed E-state index contributed by atoms with van der Waals surface area (Å²) in [6.07, 6.45) is 0.824. The third-order valence-electron chi connectivity index (χ3n) is 2.69. The SMILES string of the molecule is Cc1cccc2nc(CC(C)N)n(C)c12. The number of fused-ring (bicyclic) bond motifs is 1. The Hall–Kier alpha value is -1.35. The third kappa shape index (κ3) is 1.75. The van der Waals surface area contributed by atoms with E-state index in [2.05, 4.69) is 29.6 Å². The maximum absolute atomic E-state index is 5.80. The van der Waals surface area contributed by atoms with E-state index < -0.39 is 0 Å². The molecule has 0 aliphatic carbocycles. The normalized spacial score (nSPS) is 13.3. The molecule has 0 saturated carbocycles. The molecule has 2 N–H and O–H groups in total. The molecule has 1 heterocycles. The highest BCUT2D eigenvalue weighted by Crippen LogP contribution is 2.19. The molecule has 0 bridgehead atoms. The molecule has 1 atom stereocenters. The zero-order valence-electron chi connectivity index (χ0n) is 9.49. The second kappa shape index (κ2) is 3.66. The van der Waals surface area contributed by atoms with Crippen LogP contribution in [0.15, 0.2) is 18.2 Å². The largest absolute Gasteiger partial charge is 0.331 e. The van der Waals surface area contributed by atoms with Crippen LogP contribution in [0, 0.1) is 6.92 Å². The number of rotatable bonds is 2. The van der Waals surface area contributed by atoms with Gasteiger partial charge in [0.15, 0.2) is 0 Å². The van der Waals surface area contributed by atoms with Crippen molar-refractivity contribution in [3.63, 3.8) is 0 Å². The molecule has 2 aromatic rings. The van der Waals surface area contributed by atoms with Crippen molar-refractivity contribution in [3.8, 4) is 0 Å². The minimum atomic E-state index is 0.154. The van der Waals surface area contributed by atoms with E-state index in [0.717, 1.165) is 17.8 Å². The van der Waals surface area contributed by atoms with Crippen LogP contribution < -0.4 is 5.73 Å². The monoisotopic (exact) mass is 203 g/mol. The van der Waals surface area contributed by atoms with E-state index in [1.165, 1.54) is 11.1 Å². The van der Waals surface area contributed by atoms with Crippen LogP contribution in [-0.2, 0) is 13.5 Å². The Morgan fingerprint density at radius 3 is 2.80 bits per heavy atom. The van der Waals surface area contributed by atoms with E-state index in [9.17, 15) is 0 Å². The molecule has 0 radical (unpaired) electrons. The first-order valence-corrected chi connectivity index (χ1v) is 5.26. The van der Waals surface area contributed by atoms with Gasteiger partial charge in [0.2, 0.25) is 0 Å². The highest BCUT2D eigenvalue weighted by atomic mass is 15.1. The van der Waals surface area contributed by atoms with Gasteiger partial charge in [0.1, 0.15) is 5.82 Å². The van der Waals surface area contributed by atoms with Crippen molar-refractivity contribution < 1.29 is 0 Å². The fourth-order valence-corrected chi connectivity index (χ4v) is 1.98. The fourth-order valence-electron chi connectivity index (χ4n) is 1.98. The Bertz CT molecular complexity index is 483. The van der Waals surface area contributed by atoms with Gasteiger partial charge in [-0.25, -0.2) is 4.98 Å². The van der Waals surface area contributed by atoms with Crippen molar-refractivity contribution in [2.45, 2.75) is 26.3 Å². The van der Waals surface area contributed by atoms with Crippen molar-refractivity contribution in [1.29, 1.82) is 0 Å². The van der Waals surface area contributed by atoms with Gasteiger partial charge < -0.3 is 10.3 Å². The van der Waals surface area contributed by atoms with Crippen LogP contribution in [0.3, 0.4) is 0 Å². The number of imidazole rings is 1. The van der Waals surface area contributed by atoms with Crippen molar-refractivity contribution in [3.05, 3.63) is 29.6 Å². The maximum atomic E-state index is 5.80. The molecular formula is C12H17N3. The predicted octanol–water partition coefficient (Wildman–Crippen LogP) is 1.77. The maximum Gasteiger partial charge on any atom is 0.111 e. The Morgan fingerprint density at radius 2 is 2.20 bits per heavy atom. The van der Waals surface area contributed by atoms with Gasteiger partial charge in [0, 0.05) is 19.5 Å². The highest BCUT2D eigenvalue weighted by molar-refractivity contribution is 5.79. The van der Waals surface area contributed by atoms with Gasteiger partial charge >= 0.3 is 0 Å². The summed E-state index contributed by atoms with van der Waals surface area (Å²) < 4.78 is 2.15. The summed E-state index contributed by atoms with van der Waals surface area (Å²) in [5, 5.41) is 0. The lowest BCUT2D eigenvalue weighted by Crippen LogP contribution is -2.20. The number of hydrogen-bond donors (Lipinski definition) is 1. The lowest BCUT2D eigenvalue weighted by atomic mass is 10.2. The van der Waals surface area contributed by atoms with Crippen LogP contribution in [0.1, 0.15) is 18.3 Å². The Labute approximate surface area is 89.9 Å². The van der Waals surface area contributed by atoms with E-state index >= 15 is 0 Å². The molecule has 3 nitrogen and oxygen atoms in total. The van der Waals surface area contributed by atoms with Crippen molar-refractivity contribution in [2.24, 2.45) is 12.8 Å². The number of benzene rings is 1. The predicted molar refractivity (Wildman–Crippen MR) is 62.8 cm³/mol. The molecule has 0 fully saturated rings. The second-order valence-corrected chi connectivity index (χ2v) is 4.21. The Balaban J connectivity index is 2.59. The topological polar surface area (TPSA) is 43.8 Å². The molecule has 1 aromatic heterocycles. The Kier molecular flexibility index (Phi) is 2.49. The molecule has 0 aliphatic rings. The number of nitrogens with two attached hydrogens (primary N) is 1. The summed E-state index contributed by atoms with van der Waals surface area (Å²) >= 11 is 0. The number of aryl methyl sites for hydroxylation is 2. The van der Waals surface area contributed by atoms with Crippen molar-refractivity contribution >= 4 is 11.0 Å². The molecule has 0 amide bonds. The molecule has 2 rings (SSSR count). The smallest absolute Gasteiger partial charge is 0.111 e. The third-order valence-corrected chi connectivity index (χ3v) is 2.69. The van der Waals surface area contributed by atoms with Crippen LogP contribution in [0.2, 0.25) is 0 Å². The van der Waals surface area contributed by atoms with Gasteiger partial charge in [-0.05, 0) is 25.5 Å². The first-order chi connectivity index (χ1) is 7.09. The first-order valence-electron chi connectivity index (χ1n) is 5.26. The number of nitrogens with zero attached hydrogens (tertiary/aromatic N) is 2. The molecule has 0 saturated heterocycles. The van der Waals surface area contributed by atoms with Gasteiger partial charge in [0.05, 0.1) is 11.0 Å². The highest BCUT2D eigenvalue weighted by Gasteiger charge is 2.10. The van der Waals surface area contributed by atoms with Crippen LogP contribution in [0.5, 0.6) is 0 Å². The number of para-hydroxylation sites is 1. The van der Waals surface area contributed by atoms with Crippen molar-refractivity contribution in [1.82, 2.24) is 9.55 Å². The van der Waals surface area contributed by atoms with Gasteiger partial charge in [-0.1, -0.05) is 12.1 Å². The van der Waals surface area contributed by atoms with E-state index in [1.807, 2.05) is 19.1 Å².